The molecule has 0 bridgehead atoms. The van der Waals surface area contributed by atoms with Gasteiger partial charge in [-0.1, -0.05) is 27.7 Å². The molecule has 0 aromatic rings. The summed E-state index contributed by atoms with van der Waals surface area (Å²) in [6, 6.07) is -0.446. The number of nitrogens with zero attached hydrogens (tertiary/aromatic N) is 2. The van der Waals surface area contributed by atoms with Crippen LogP contribution in [-0.2, 0) is 4.79 Å². The van der Waals surface area contributed by atoms with Crippen molar-refractivity contribution in [1.82, 2.24) is 15.1 Å². The van der Waals surface area contributed by atoms with Crippen molar-refractivity contribution >= 4 is 43.1 Å². The van der Waals surface area contributed by atoms with E-state index in [1.54, 1.807) is 0 Å². The first kappa shape index (κ1) is 28.0. The van der Waals surface area contributed by atoms with Crippen molar-refractivity contribution in [2.45, 2.75) is 33.7 Å². The summed E-state index contributed by atoms with van der Waals surface area (Å²) in [5, 5.41) is 2.99. The van der Waals surface area contributed by atoms with Gasteiger partial charge in [0, 0.05) is 39.3 Å². The Morgan fingerprint density at radius 3 is 2.04 bits per heavy atom. The van der Waals surface area contributed by atoms with Crippen molar-refractivity contribution < 1.29 is 4.79 Å². The summed E-state index contributed by atoms with van der Waals surface area (Å²) in [4.78, 5) is 16.8. The van der Waals surface area contributed by atoms with Gasteiger partial charge in [0.15, 0.2) is 0 Å². The molecule has 1 aliphatic rings. The summed E-state index contributed by atoms with van der Waals surface area (Å²) >= 11 is 0. The molecule has 1 unspecified atom stereocenters. The molecular formula is C15H35Cl3N4O. The Labute approximate surface area is 160 Å². The Bertz CT molecular complexity index is 318. The van der Waals surface area contributed by atoms with Gasteiger partial charge < -0.3 is 20.9 Å². The molecule has 1 rings (SSSR count). The zero-order valence-electron chi connectivity index (χ0n) is 15.0. The number of likely N-dealkylation sites (N-methyl/N-ethyl adjacent to an activating group) is 1. The third-order valence-corrected chi connectivity index (χ3v) is 4.01. The standard InChI is InChI=1S/C15H32N4O.3ClH/c1-12(11-19-8-6-18(5)7-9-19)10-17-14(20)13(16)15(2,3)4;;;/h12-13H,6-11,16H2,1-5H3,(H,17,20);3*1H/t12?,13-;;;/m1.../s1. The fourth-order valence-electron chi connectivity index (χ4n) is 2.31. The highest BCUT2D eigenvalue weighted by Gasteiger charge is 2.27. The van der Waals surface area contributed by atoms with Crippen molar-refractivity contribution in [3.63, 3.8) is 0 Å². The molecule has 0 radical (unpaired) electrons. The summed E-state index contributed by atoms with van der Waals surface area (Å²) in [6.07, 6.45) is 0. The Kier molecular flexibility index (Phi) is 15.3. The van der Waals surface area contributed by atoms with Crippen LogP contribution in [0.25, 0.3) is 0 Å². The molecule has 5 nitrogen and oxygen atoms in total. The van der Waals surface area contributed by atoms with Gasteiger partial charge in [0.25, 0.3) is 0 Å². The molecule has 0 spiro atoms. The smallest absolute Gasteiger partial charge is 0.237 e. The van der Waals surface area contributed by atoms with Crippen LogP contribution in [0, 0.1) is 11.3 Å². The van der Waals surface area contributed by atoms with Crippen LogP contribution in [0.15, 0.2) is 0 Å². The lowest BCUT2D eigenvalue weighted by Gasteiger charge is -2.34. The number of piperazine rings is 1. The fourth-order valence-corrected chi connectivity index (χ4v) is 2.31. The lowest BCUT2D eigenvalue weighted by atomic mass is 9.87. The van der Waals surface area contributed by atoms with E-state index >= 15 is 0 Å². The van der Waals surface area contributed by atoms with Crippen molar-refractivity contribution in [3.05, 3.63) is 0 Å². The monoisotopic (exact) mass is 392 g/mol. The van der Waals surface area contributed by atoms with Gasteiger partial charge in [-0.2, -0.15) is 0 Å². The lowest BCUT2D eigenvalue weighted by molar-refractivity contribution is -0.124. The lowest BCUT2D eigenvalue weighted by Crippen LogP contribution is -2.50. The van der Waals surface area contributed by atoms with Gasteiger partial charge in [0.2, 0.25) is 5.91 Å². The minimum atomic E-state index is -0.446. The van der Waals surface area contributed by atoms with Crippen LogP contribution in [0.5, 0.6) is 0 Å². The average Bonchev–Trinajstić information content (AvgIpc) is 2.36. The summed E-state index contributed by atoms with van der Waals surface area (Å²) in [7, 11) is 2.16. The molecule has 2 atom stereocenters. The van der Waals surface area contributed by atoms with E-state index in [1.807, 2.05) is 20.8 Å². The number of halogens is 3. The van der Waals surface area contributed by atoms with Crippen LogP contribution < -0.4 is 11.1 Å². The molecule has 3 N–H and O–H groups in total. The SMILES string of the molecule is CC(CNC(=O)[C@@H](N)C(C)(C)C)CN1CCN(C)CC1.Cl.Cl.Cl. The molecule has 0 aliphatic carbocycles. The molecule has 0 aromatic heterocycles. The van der Waals surface area contributed by atoms with Gasteiger partial charge in [-0.3, -0.25) is 4.79 Å². The summed E-state index contributed by atoms with van der Waals surface area (Å²) in [5.41, 5.74) is 5.76. The molecule has 23 heavy (non-hydrogen) atoms. The summed E-state index contributed by atoms with van der Waals surface area (Å²) in [5.74, 6) is 0.414. The number of amides is 1. The predicted octanol–water partition coefficient (Wildman–Crippen LogP) is 1.62. The maximum atomic E-state index is 12.0. The first-order chi connectivity index (χ1) is 9.20. The van der Waals surface area contributed by atoms with E-state index in [4.69, 9.17) is 5.73 Å². The van der Waals surface area contributed by atoms with Crippen LogP contribution in [-0.4, -0.2) is 68.1 Å². The van der Waals surface area contributed by atoms with Gasteiger partial charge >= 0.3 is 0 Å². The van der Waals surface area contributed by atoms with E-state index < -0.39 is 6.04 Å². The quantitative estimate of drug-likeness (QED) is 0.745. The third kappa shape index (κ3) is 10.6. The topological polar surface area (TPSA) is 61.6 Å². The van der Waals surface area contributed by atoms with Gasteiger partial charge in [-0.25, -0.2) is 0 Å². The van der Waals surface area contributed by atoms with Gasteiger partial charge in [0.05, 0.1) is 6.04 Å². The maximum absolute atomic E-state index is 12.0. The van der Waals surface area contributed by atoms with Gasteiger partial charge in [-0.15, -0.1) is 37.2 Å². The third-order valence-electron chi connectivity index (χ3n) is 4.01. The largest absolute Gasteiger partial charge is 0.354 e. The fraction of sp³-hybridized carbons (Fsp3) is 0.933. The van der Waals surface area contributed by atoms with E-state index in [1.165, 1.54) is 0 Å². The zero-order valence-corrected chi connectivity index (χ0v) is 17.5. The number of carbonyl (C=O) groups is 1. The second kappa shape index (κ2) is 12.6. The molecule has 0 saturated carbocycles. The minimum absolute atomic E-state index is 0. The first-order valence-electron chi connectivity index (χ1n) is 7.64. The molecule has 1 amide bonds. The van der Waals surface area contributed by atoms with Gasteiger partial charge in [0.1, 0.15) is 0 Å². The number of nitrogens with one attached hydrogen (secondary N) is 1. The molecule has 1 aliphatic heterocycles. The molecule has 1 saturated heterocycles. The van der Waals surface area contributed by atoms with Crippen LogP contribution in [0.4, 0.5) is 0 Å². The van der Waals surface area contributed by atoms with Crippen molar-refractivity contribution in [3.8, 4) is 0 Å². The number of carbonyl (C=O) groups excluding carboxylic acids is 1. The normalized spacial score (nSPS) is 18.7. The Morgan fingerprint density at radius 2 is 1.61 bits per heavy atom. The Morgan fingerprint density at radius 1 is 1.13 bits per heavy atom. The van der Waals surface area contributed by atoms with Crippen LogP contribution in [0.2, 0.25) is 0 Å². The summed E-state index contributed by atoms with van der Waals surface area (Å²) in [6.45, 7) is 14.4. The minimum Gasteiger partial charge on any atom is -0.354 e. The van der Waals surface area contributed by atoms with E-state index in [0.717, 1.165) is 32.7 Å². The Balaban J connectivity index is -0.00000133. The molecular weight excluding hydrogens is 359 g/mol. The van der Waals surface area contributed by atoms with Crippen molar-refractivity contribution in [2.75, 3.05) is 46.3 Å². The highest BCUT2D eigenvalue weighted by atomic mass is 35.5. The van der Waals surface area contributed by atoms with E-state index in [9.17, 15) is 4.79 Å². The second-order valence-corrected chi connectivity index (χ2v) is 7.30. The highest BCUT2D eigenvalue weighted by Crippen LogP contribution is 2.17. The maximum Gasteiger partial charge on any atom is 0.237 e. The molecule has 8 heteroatoms. The van der Waals surface area contributed by atoms with E-state index in [-0.39, 0.29) is 48.5 Å². The number of hydrogen-bond donors (Lipinski definition) is 2. The summed E-state index contributed by atoms with van der Waals surface area (Å²) < 4.78 is 0. The Hall–Kier alpha value is 0.220. The molecule has 142 valence electrons. The van der Waals surface area contributed by atoms with Crippen LogP contribution >= 0.6 is 37.2 Å². The van der Waals surface area contributed by atoms with Crippen molar-refractivity contribution in [1.29, 1.82) is 0 Å². The number of rotatable bonds is 5. The average molecular weight is 394 g/mol. The van der Waals surface area contributed by atoms with Crippen LogP contribution in [0.1, 0.15) is 27.7 Å². The predicted molar refractivity (Wildman–Crippen MR) is 105 cm³/mol. The van der Waals surface area contributed by atoms with Gasteiger partial charge in [-0.05, 0) is 18.4 Å². The zero-order chi connectivity index (χ0) is 15.3. The van der Waals surface area contributed by atoms with Crippen molar-refractivity contribution in [2.24, 2.45) is 17.1 Å². The second-order valence-electron chi connectivity index (χ2n) is 7.30. The first-order valence-corrected chi connectivity index (χ1v) is 7.64. The molecule has 1 heterocycles. The van der Waals surface area contributed by atoms with E-state index in [2.05, 4.69) is 29.1 Å². The highest BCUT2D eigenvalue weighted by molar-refractivity contribution is 5.86. The molecule has 1 fully saturated rings. The van der Waals surface area contributed by atoms with E-state index in [0.29, 0.717) is 12.5 Å². The van der Waals surface area contributed by atoms with Crippen LogP contribution in [0.3, 0.4) is 0 Å². The number of nitrogens with two attached hydrogens (primary N) is 1. The molecule has 0 aromatic carbocycles. The number of hydrogen-bond acceptors (Lipinski definition) is 4.